The number of ether oxygens (including phenoxy) is 1. The van der Waals surface area contributed by atoms with Crippen LogP contribution in [-0.2, 0) is 0 Å². The van der Waals surface area contributed by atoms with Crippen LogP contribution >= 0.6 is 0 Å². The summed E-state index contributed by atoms with van der Waals surface area (Å²) in [5.74, 6) is -2.25. The Morgan fingerprint density at radius 1 is 1.30 bits per heavy atom. The van der Waals surface area contributed by atoms with E-state index in [2.05, 4.69) is 5.32 Å². The summed E-state index contributed by atoms with van der Waals surface area (Å²) in [4.78, 5) is 0. The molecule has 0 heterocycles. The van der Waals surface area contributed by atoms with Crippen LogP contribution in [0.3, 0.4) is 0 Å². The van der Waals surface area contributed by atoms with Crippen LogP contribution in [0.15, 0.2) is 18.2 Å². The van der Waals surface area contributed by atoms with Gasteiger partial charge in [0.25, 0.3) is 0 Å². The lowest BCUT2D eigenvalue weighted by Crippen LogP contribution is -2.32. The molecule has 0 amide bonds. The molecule has 20 heavy (non-hydrogen) atoms. The molecule has 1 aromatic rings. The monoisotopic (exact) mass is 287 g/mol. The van der Waals surface area contributed by atoms with Crippen molar-refractivity contribution in [3.63, 3.8) is 0 Å². The maximum Gasteiger partial charge on any atom is 0.248 e. The molecule has 5 heteroatoms. The molecule has 1 aromatic carbocycles. The lowest BCUT2D eigenvalue weighted by molar-refractivity contribution is -0.0495. The van der Waals surface area contributed by atoms with E-state index in [1.807, 2.05) is 0 Å². The van der Waals surface area contributed by atoms with E-state index in [0.717, 1.165) is 0 Å². The van der Waals surface area contributed by atoms with Crippen molar-refractivity contribution in [1.82, 2.24) is 5.32 Å². The van der Waals surface area contributed by atoms with E-state index in [-0.39, 0.29) is 30.6 Å². The van der Waals surface area contributed by atoms with E-state index in [0.29, 0.717) is 24.2 Å². The molecule has 2 rings (SSSR count). The lowest BCUT2D eigenvalue weighted by atomic mass is 9.79. The third-order valence-electron chi connectivity index (χ3n) is 4.07. The summed E-state index contributed by atoms with van der Waals surface area (Å²) in [5.41, 5.74) is 0.699. The molecule has 2 nitrogen and oxygen atoms in total. The lowest BCUT2D eigenvalue weighted by Gasteiger charge is -2.34. The fourth-order valence-electron chi connectivity index (χ4n) is 2.99. The van der Waals surface area contributed by atoms with Gasteiger partial charge in [-0.25, -0.2) is 13.2 Å². The summed E-state index contributed by atoms with van der Waals surface area (Å²) < 4.78 is 45.2. The molecule has 0 spiro atoms. The van der Waals surface area contributed by atoms with E-state index in [1.165, 1.54) is 19.2 Å². The zero-order valence-corrected chi connectivity index (χ0v) is 11.8. The van der Waals surface area contributed by atoms with Gasteiger partial charge >= 0.3 is 0 Å². The summed E-state index contributed by atoms with van der Waals surface area (Å²) >= 11 is 0. The summed E-state index contributed by atoms with van der Waals surface area (Å²) in [5, 5.41) is 3.13. The number of halogens is 3. The van der Waals surface area contributed by atoms with Gasteiger partial charge in [0.1, 0.15) is 11.6 Å². The van der Waals surface area contributed by atoms with Gasteiger partial charge in [-0.15, -0.1) is 0 Å². The Morgan fingerprint density at radius 2 is 1.95 bits per heavy atom. The second-order valence-electron chi connectivity index (χ2n) is 5.35. The van der Waals surface area contributed by atoms with Crippen LogP contribution < -0.4 is 10.1 Å². The van der Waals surface area contributed by atoms with E-state index < -0.39 is 5.92 Å². The van der Waals surface area contributed by atoms with Gasteiger partial charge in [0.15, 0.2) is 0 Å². The molecule has 1 aliphatic rings. The van der Waals surface area contributed by atoms with Crippen LogP contribution in [0.25, 0.3) is 0 Å². The largest absolute Gasteiger partial charge is 0.496 e. The molecule has 0 bridgehead atoms. The standard InChI is InChI=1S/C15H20F3NO/c1-19-14(10-5-7-15(17,18)8-6-10)12-9-11(16)3-4-13(12)20-2/h3-4,9-10,14,19H,5-8H2,1-2H3. The summed E-state index contributed by atoms with van der Waals surface area (Å²) in [6, 6.07) is 4.17. The molecule has 1 atom stereocenters. The van der Waals surface area contributed by atoms with Gasteiger partial charge in [-0.3, -0.25) is 0 Å². The summed E-state index contributed by atoms with van der Waals surface area (Å²) in [6.07, 6.45) is 0.650. The van der Waals surface area contributed by atoms with Crippen molar-refractivity contribution in [1.29, 1.82) is 0 Å². The van der Waals surface area contributed by atoms with Gasteiger partial charge in [0.2, 0.25) is 5.92 Å². The highest BCUT2D eigenvalue weighted by Crippen LogP contribution is 2.43. The van der Waals surface area contributed by atoms with Crippen LogP contribution in [0, 0.1) is 11.7 Å². The minimum Gasteiger partial charge on any atom is -0.496 e. The van der Waals surface area contributed by atoms with Crippen molar-refractivity contribution >= 4 is 0 Å². The van der Waals surface area contributed by atoms with Crippen molar-refractivity contribution in [2.24, 2.45) is 5.92 Å². The number of rotatable bonds is 4. The maximum atomic E-state index is 13.5. The molecule has 0 aliphatic heterocycles. The van der Waals surface area contributed by atoms with Crippen molar-refractivity contribution < 1.29 is 17.9 Å². The van der Waals surface area contributed by atoms with Gasteiger partial charge in [0, 0.05) is 24.4 Å². The SMILES string of the molecule is CNC(c1cc(F)ccc1OC)C1CCC(F)(F)CC1. The predicted molar refractivity (Wildman–Crippen MR) is 71.7 cm³/mol. The topological polar surface area (TPSA) is 21.3 Å². The first kappa shape index (κ1) is 15.2. The first-order chi connectivity index (χ1) is 9.46. The average Bonchev–Trinajstić information content (AvgIpc) is 2.41. The highest BCUT2D eigenvalue weighted by molar-refractivity contribution is 5.37. The van der Waals surface area contributed by atoms with Crippen molar-refractivity contribution in [3.8, 4) is 5.75 Å². The van der Waals surface area contributed by atoms with Crippen molar-refractivity contribution in [2.75, 3.05) is 14.2 Å². The summed E-state index contributed by atoms with van der Waals surface area (Å²) in [7, 11) is 3.29. The fraction of sp³-hybridized carbons (Fsp3) is 0.600. The molecule has 1 aliphatic carbocycles. The summed E-state index contributed by atoms with van der Waals surface area (Å²) in [6.45, 7) is 0. The Balaban J connectivity index is 2.22. The normalized spacial score (nSPS) is 20.6. The third-order valence-corrected chi connectivity index (χ3v) is 4.07. The van der Waals surface area contributed by atoms with E-state index in [9.17, 15) is 13.2 Å². The molecular weight excluding hydrogens is 267 g/mol. The first-order valence-corrected chi connectivity index (χ1v) is 6.85. The Kier molecular flexibility index (Phi) is 4.58. The van der Waals surface area contributed by atoms with Crippen LogP contribution in [-0.4, -0.2) is 20.1 Å². The Labute approximate surface area is 117 Å². The first-order valence-electron chi connectivity index (χ1n) is 6.85. The second-order valence-corrected chi connectivity index (χ2v) is 5.35. The average molecular weight is 287 g/mol. The van der Waals surface area contributed by atoms with Crippen LogP contribution in [0.5, 0.6) is 5.75 Å². The Bertz CT molecular complexity index is 454. The zero-order valence-electron chi connectivity index (χ0n) is 11.8. The van der Waals surface area contributed by atoms with Gasteiger partial charge in [-0.1, -0.05) is 0 Å². The quantitative estimate of drug-likeness (QED) is 0.906. The fourth-order valence-corrected chi connectivity index (χ4v) is 2.99. The molecule has 1 unspecified atom stereocenters. The molecule has 0 aromatic heterocycles. The number of alkyl halides is 2. The third kappa shape index (κ3) is 3.26. The number of methoxy groups -OCH3 is 1. The molecule has 1 fully saturated rings. The Hall–Kier alpha value is -1.23. The van der Waals surface area contributed by atoms with Gasteiger partial charge < -0.3 is 10.1 Å². The van der Waals surface area contributed by atoms with E-state index in [4.69, 9.17) is 4.74 Å². The molecule has 112 valence electrons. The molecule has 1 N–H and O–H groups in total. The molecular formula is C15H20F3NO. The second kappa shape index (κ2) is 6.04. The van der Waals surface area contributed by atoms with Gasteiger partial charge in [-0.2, -0.15) is 0 Å². The van der Waals surface area contributed by atoms with Crippen LogP contribution in [0.2, 0.25) is 0 Å². The molecule has 0 saturated heterocycles. The maximum absolute atomic E-state index is 13.5. The zero-order chi connectivity index (χ0) is 14.8. The number of benzene rings is 1. The van der Waals surface area contributed by atoms with E-state index in [1.54, 1.807) is 13.1 Å². The van der Waals surface area contributed by atoms with Gasteiger partial charge in [0.05, 0.1) is 7.11 Å². The van der Waals surface area contributed by atoms with Crippen LogP contribution in [0.4, 0.5) is 13.2 Å². The smallest absolute Gasteiger partial charge is 0.248 e. The predicted octanol–water partition coefficient (Wildman–Crippen LogP) is 3.92. The van der Waals surface area contributed by atoms with Crippen molar-refractivity contribution in [3.05, 3.63) is 29.6 Å². The Morgan fingerprint density at radius 3 is 2.50 bits per heavy atom. The highest BCUT2D eigenvalue weighted by atomic mass is 19.3. The van der Waals surface area contributed by atoms with Gasteiger partial charge in [-0.05, 0) is 44.0 Å². The number of nitrogens with one attached hydrogen (secondary N) is 1. The molecule has 1 saturated carbocycles. The van der Waals surface area contributed by atoms with Crippen molar-refractivity contribution in [2.45, 2.75) is 37.6 Å². The number of hydrogen-bond donors (Lipinski definition) is 1. The minimum absolute atomic E-state index is 0.0651. The minimum atomic E-state index is -2.55. The molecule has 0 radical (unpaired) electrons. The van der Waals surface area contributed by atoms with E-state index >= 15 is 0 Å². The van der Waals surface area contributed by atoms with Crippen LogP contribution in [0.1, 0.15) is 37.3 Å². The number of hydrogen-bond acceptors (Lipinski definition) is 2. The highest BCUT2D eigenvalue weighted by Gasteiger charge is 2.38.